The Morgan fingerprint density at radius 2 is 2.03 bits per heavy atom. The molecule has 1 aliphatic rings. The van der Waals surface area contributed by atoms with Crippen LogP contribution in [0.2, 0.25) is 0 Å². The highest BCUT2D eigenvalue weighted by molar-refractivity contribution is 7.99. The summed E-state index contributed by atoms with van der Waals surface area (Å²) in [6.07, 6.45) is 2.13. The van der Waals surface area contributed by atoms with Gasteiger partial charge in [-0.3, -0.25) is 24.3 Å². The van der Waals surface area contributed by atoms with Gasteiger partial charge in [-0.25, -0.2) is 4.98 Å². The van der Waals surface area contributed by atoms with Crippen molar-refractivity contribution in [2.24, 2.45) is 0 Å². The number of carbonyl (C=O) groups excluding carboxylic acids is 1. The van der Waals surface area contributed by atoms with E-state index >= 15 is 0 Å². The summed E-state index contributed by atoms with van der Waals surface area (Å²) < 4.78 is 15.1. The zero-order valence-electron chi connectivity index (χ0n) is 17.6. The lowest BCUT2D eigenvalue weighted by molar-refractivity contribution is -0.387. The number of nitro benzene ring substituents is 1. The van der Waals surface area contributed by atoms with Gasteiger partial charge < -0.3 is 5.32 Å². The minimum absolute atomic E-state index is 0.100. The zero-order chi connectivity index (χ0) is 23.8. The summed E-state index contributed by atoms with van der Waals surface area (Å²) in [5.41, 5.74) is 0.896. The number of thioether (sulfide) groups is 1. The maximum Gasteiger partial charge on any atom is 0.306 e. The fourth-order valence-corrected chi connectivity index (χ4v) is 5.52. The maximum atomic E-state index is 13.6. The largest absolute Gasteiger partial charge is 0.325 e. The van der Waals surface area contributed by atoms with E-state index < -0.39 is 22.3 Å². The van der Waals surface area contributed by atoms with Gasteiger partial charge in [-0.15, -0.1) is 11.3 Å². The number of nitrogens with one attached hydrogen (secondary N) is 1. The van der Waals surface area contributed by atoms with E-state index in [9.17, 15) is 24.1 Å². The van der Waals surface area contributed by atoms with E-state index in [1.54, 1.807) is 12.1 Å². The van der Waals surface area contributed by atoms with Crippen molar-refractivity contribution >= 4 is 50.6 Å². The number of fused-ring (bicyclic) bond motifs is 1. The number of nitro groups is 1. The first-order valence-electron chi connectivity index (χ1n) is 10.4. The molecule has 0 unspecified atom stereocenters. The first-order valence-corrected chi connectivity index (χ1v) is 12.2. The second-order valence-corrected chi connectivity index (χ2v) is 9.58. The number of anilines is 1. The maximum absolute atomic E-state index is 13.6. The predicted molar refractivity (Wildman–Crippen MR) is 130 cm³/mol. The summed E-state index contributed by atoms with van der Waals surface area (Å²) in [4.78, 5) is 41.5. The molecule has 34 heavy (non-hydrogen) atoms. The summed E-state index contributed by atoms with van der Waals surface area (Å²) in [6, 6.07) is 12.3. The third-order valence-corrected chi connectivity index (χ3v) is 7.23. The van der Waals surface area contributed by atoms with Crippen LogP contribution in [0.5, 0.6) is 0 Å². The molecule has 4 aromatic rings. The molecule has 0 radical (unpaired) electrons. The van der Waals surface area contributed by atoms with Gasteiger partial charge in [-0.1, -0.05) is 30.0 Å². The molecule has 0 saturated heterocycles. The molecule has 1 N–H and O–H groups in total. The van der Waals surface area contributed by atoms with E-state index in [0.29, 0.717) is 27.0 Å². The molecular formula is C23H17FN4O4S2. The number of benzene rings is 2. The lowest BCUT2D eigenvalue weighted by atomic mass is 10.1. The van der Waals surface area contributed by atoms with Crippen molar-refractivity contribution in [3.8, 4) is 5.69 Å². The number of nitrogens with zero attached hydrogens (tertiary/aromatic N) is 3. The Morgan fingerprint density at radius 1 is 1.26 bits per heavy atom. The van der Waals surface area contributed by atoms with Crippen molar-refractivity contribution in [1.29, 1.82) is 0 Å². The van der Waals surface area contributed by atoms with Gasteiger partial charge in [0, 0.05) is 11.8 Å². The van der Waals surface area contributed by atoms with Crippen molar-refractivity contribution in [1.82, 2.24) is 9.55 Å². The van der Waals surface area contributed by atoms with Crippen molar-refractivity contribution in [3.63, 3.8) is 0 Å². The van der Waals surface area contributed by atoms with E-state index in [1.807, 2.05) is 23.6 Å². The predicted octanol–water partition coefficient (Wildman–Crippen LogP) is 5.10. The molecule has 2 aromatic heterocycles. The quantitative estimate of drug-likeness (QED) is 0.165. The molecule has 11 heteroatoms. The van der Waals surface area contributed by atoms with Crippen LogP contribution >= 0.6 is 23.1 Å². The number of rotatable bonds is 7. The molecule has 1 aliphatic carbocycles. The van der Waals surface area contributed by atoms with E-state index in [0.717, 1.165) is 42.3 Å². The summed E-state index contributed by atoms with van der Waals surface area (Å²) in [6.45, 7) is 0. The van der Waals surface area contributed by atoms with Crippen LogP contribution in [0.4, 0.5) is 15.8 Å². The Balaban J connectivity index is 1.44. The SMILES string of the molecule is O=C(CSc1nc2scc(C3CC3)c2c(=O)n1-c1ccccc1)Nc1ccc(F)c([N+](=O)[O-])c1. The number of hydrogen-bond donors (Lipinski definition) is 1. The van der Waals surface area contributed by atoms with Gasteiger partial charge in [-0.2, -0.15) is 4.39 Å². The second kappa shape index (κ2) is 8.99. The van der Waals surface area contributed by atoms with Crippen LogP contribution in [0.3, 0.4) is 0 Å². The van der Waals surface area contributed by atoms with Gasteiger partial charge in [0.2, 0.25) is 11.7 Å². The van der Waals surface area contributed by atoms with E-state index in [2.05, 4.69) is 5.32 Å². The van der Waals surface area contributed by atoms with Crippen molar-refractivity contribution in [2.75, 3.05) is 11.1 Å². The minimum atomic E-state index is -0.983. The first-order chi connectivity index (χ1) is 16.4. The summed E-state index contributed by atoms with van der Waals surface area (Å²) >= 11 is 2.50. The summed E-state index contributed by atoms with van der Waals surface area (Å²) in [5.74, 6) is -1.15. The molecule has 0 atom stereocenters. The smallest absolute Gasteiger partial charge is 0.306 e. The van der Waals surface area contributed by atoms with Crippen LogP contribution in [-0.4, -0.2) is 26.1 Å². The highest BCUT2D eigenvalue weighted by atomic mass is 32.2. The number of para-hydroxylation sites is 1. The van der Waals surface area contributed by atoms with Crippen LogP contribution < -0.4 is 10.9 Å². The molecule has 1 amide bonds. The molecule has 0 spiro atoms. The van der Waals surface area contributed by atoms with E-state index in [1.165, 1.54) is 22.0 Å². The van der Waals surface area contributed by atoms with Gasteiger partial charge in [0.05, 0.1) is 21.7 Å². The molecule has 2 heterocycles. The van der Waals surface area contributed by atoms with Crippen LogP contribution in [0.1, 0.15) is 24.3 Å². The Hall–Kier alpha value is -3.57. The standard InChI is InChI=1S/C23H17FN4O4S2/c24-17-9-8-14(10-18(17)28(31)32)25-19(29)12-34-23-26-21-20(16(11-33-21)13-6-7-13)22(30)27(23)15-4-2-1-3-5-15/h1-5,8-11,13H,6-7,12H2,(H,25,29). The summed E-state index contributed by atoms with van der Waals surface area (Å²) in [5, 5.41) is 16.5. The number of carbonyl (C=O) groups is 1. The monoisotopic (exact) mass is 496 g/mol. The number of aromatic nitrogens is 2. The second-order valence-electron chi connectivity index (χ2n) is 7.78. The Bertz CT molecular complexity index is 1480. The summed E-state index contributed by atoms with van der Waals surface area (Å²) in [7, 11) is 0. The Kier molecular flexibility index (Phi) is 5.88. The van der Waals surface area contributed by atoms with E-state index in [-0.39, 0.29) is 17.0 Å². The molecule has 0 bridgehead atoms. The first kappa shape index (κ1) is 22.2. The lowest BCUT2D eigenvalue weighted by Gasteiger charge is -2.12. The molecule has 8 nitrogen and oxygen atoms in total. The third kappa shape index (κ3) is 4.31. The zero-order valence-corrected chi connectivity index (χ0v) is 19.2. The Morgan fingerprint density at radius 3 is 2.74 bits per heavy atom. The van der Waals surface area contributed by atoms with Gasteiger partial charge >= 0.3 is 5.69 Å². The van der Waals surface area contributed by atoms with Crippen LogP contribution in [-0.2, 0) is 4.79 Å². The van der Waals surface area contributed by atoms with Gasteiger partial charge in [0.25, 0.3) is 5.56 Å². The van der Waals surface area contributed by atoms with Gasteiger partial charge in [-0.05, 0) is 54.0 Å². The lowest BCUT2D eigenvalue weighted by Crippen LogP contribution is -2.23. The van der Waals surface area contributed by atoms with Crippen LogP contribution in [0.15, 0.2) is 63.9 Å². The van der Waals surface area contributed by atoms with Crippen molar-refractivity contribution in [2.45, 2.75) is 23.9 Å². The normalized spacial score (nSPS) is 13.2. The average Bonchev–Trinajstić information content (AvgIpc) is 3.58. The van der Waals surface area contributed by atoms with Gasteiger partial charge in [0.15, 0.2) is 5.16 Å². The van der Waals surface area contributed by atoms with E-state index in [4.69, 9.17) is 4.98 Å². The van der Waals surface area contributed by atoms with Gasteiger partial charge in [0.1, 0.15) is 4.83 Å². The molecule has 1 fully saturated rings. The molecule has 1 saturated carbocycles. The fraction of sp³-hybridized carbons (Fsp3) is 0.174. The third-order valence-electron chi connectivity index (χ3n) is 5.40. The number of hydrogen-bond acceptors (Lipinski definition) is 7. The number of amides is 1. The molecule has 2 aromatic carbocycles. The topological polar surface area (TPSA) is 107 Å². The van der Waals surface area contributed by atoms with Crippen LogP contribution in [0, 0.1) is 15.9 Å². The number of halogens is 1. The molecular weight excluding hydrogens is 479 g/mol. The highest BCUT2D eigenvalue weighted by Crippen LogP contribution is 2.44. The molecule has 0 aliphatic heterocycles. The highest BCUT2D eigenvalue weighted by Gasteiger charge is 2.29. The fourth-order valence-electron chi connectivity index (χ4n) is 3.65. The molecule has 172 valence electrons. The average molecular weight is 497 g/mol. The minimum Gasteiger partial charge on any atom is -0.325 e. The van der Waals surface area contributed by atoms with Crippen molar-refractivity contribution in [3.05, 3.63) is 85.8 Å². The molecule has 5 rings (SSSR count). The van der Waals surface area contributed by atoms with Crippen LogP contribution in [0.25, 0.3) is 15.9 Å². The Labute approximate surface area is 200 Å². The number of thiophene rings is 1. The van der Waals surface area contributed by atoms with Crippen molar-refractivity contribution < 1.29 is 14.1 Å².